The van der Waals surface area contributed by atoms with Crippen LogP contribution in [0.25, 0.3) is 0 Å². The number of rotatable bonds is 7. The van der Waals surface area contributed by atoms with Gasteiger partial charge >= 0.3 is 10.1 Å². The fourth-order valence-corrected chi connectivity index (χ4v) is 2.74. The molecule has 24 heavy (non-hydrogen) atoms. The van der Waals surface area contributed by atoms with Gasteiger partial charge < -0.3 is 13.5 Å². The summed E-state index contributed by atoms with van der Waals surface area (Å²) in [6.45, 7) is 2.11. The second kappa shape index (κ2) is 7.72. The highest BCUT2D eigenvalue weighted by atomic mass is 35.5. The van der Waals surface area contributed by atoms with E-state index in [1.807, 2.05) is 0 Å². The largest absolute Gasteiger partial charge is 0.467 e. The maximum Gasteiger partial charge on any atom is 0.306 e. The minimum absolute atomic E-state index is 0.194. The summed E-state index contributed by atoms with van der Waals surface area (Å²) in [5, 5.41) is -0.685. The number of furan rings is 1. The van der Waals surface area contributed by atoms with Gasteiger partial charge in [0, 0.05) is 6.54 Å². The third-order valence-electron chi connectivity index (χ3n) is 3.10. The monoisotopic (exact) mass is 371 g/mol. The second-order valence-electron chi connectivity index (χ2n) is 5.32. The summed E-state index contributed by atoms with van der Waals surface area (Å²) in [6.07, 6.45) is 2.50. The van der Waals surface area contributed by atoms with Gasteiger partial charge in [-0.1, -0.05) is 12.1 Å². The first-order valence-electron chi connectivity index (χ1n) is 7.18. The van der Waals surface area contributed by atoms with Crippen LogP contribution in [0.4, 0.5) is 0 Å². The molecule has 0 aliphatic heterocycles. The molecule has 0 aliphatic carbocycles. The van der Waals surface area contributed by atoms with Gasteiger partial charge in [-0.05, 0) is 36.8 Å². The van der Waals surface area contributed by atoms with Crippen molar-refractivity contribution in [1.29, 1.82) is 0 Å². The smallest absolute Gasteiger partial charge is 0.306 e. The Bertz CT molecular complexity index is 787. The third kappa shape index (κ3) is 5.58. The Labute approximate surface area is 146 Å². The Kier molecular flexibility index (Phi) is 5.90. The normalized spacial score (nSPS) is 12.6. The molecule has 130 valence electrons. The highest BCUT2D eigenvalue weighted by Crippen LogP contribution is 2.19. The zero-order chi connectivity index (χ0) is 17.7. The van der Waals surface area contributed by atoms with Crippen LogP contribution in [0.2, 0.25) is 0 Å². The van der Waals surface area contributed by atoms with Crippen molar-refractivity contribution in [2.75, 3.05) is 6.26 Å². The van der Waals surface area contributed by atoms with Crippen LogP contribution in [0.5, 0.6) is 5.75 Å². The van der Waals surface area contributed by atoms with Gasteiger partial charge in [0.15, 0.2) is 0 Å². The lowest BCUT2D eigenvalue weighted by atomic mass is 10.2. The molecule has 0 spiro atoms. The Hall–Kier alpha value is -1.99. The molecule has 1 aromatic carbocycles. The van der Waals surface area contributed by atoms with Gasteiger partial charge in [-0.15, -0.1) is 11.6 Å². The molecule has 0 bridgehead atoms. The van der Waals surface area contributed by atoms with Gasteiger partial charge in [-0.3, -0.25) is 4.79 Å². The molecular formula is C16H18ClNO5S. The number of carbonyl (C=O) groups excluding carboxylic acids is 1. The summed E-state index contributed by atoms with van der Waals surface area (Å²) in [4.78, 5) is 13.9. The first-order valence-corrected chi connectivity index (χ1v) is 9.43. The molecule has 0 radical (unpaired) electrons. The van der Waals surface area contributed by atoms with E-state index >= 15 is 0 Å². The van der Waals surface area contributed by atoms with E-state index in [2.05, 4.69) is 0 Å². The van der Waals surface area contributed by atoms with Crippen LogP contribution in [0.15, 0.2) is 47.1 Å². The molecule has 0 fully saturated rings. The minimum atomic E-state index is -3.61. The number of hydrogen-bond donors (Lipinski definition) is 0. The van der Waals surface area contributed by atoms with Gasteiger partial charge in [0.25, 0.3) is 0 Å². The fraction of sp³-hybridized carbons (Fsp3) is 0.312. The molecule has 1 unspecified atom stereocenters. The molecular weight excluding hydrogens is 354 g/mol. The van der Waals surface area contributed by atoms with Crippen molar-refractivity contribution in [1.82, 2.24) is 4.90 Å². The summed E-state index contributed by atoms with van der Waals surface area (Å²) in [5.74, 6) is 0.575. The summed E-state index contributed by atoms with van der Waals surface area (Å²) in [7, 11) is -3.61. The molecule has 1 heterocycles. The number of halogens is 1. The molecule has 0 aliphatic rings. The first-order chi connectivity index (χ1) is 11.2. The van der Waals surface area contributed by atoms with E-state index in [1.165, 1.54) is 17.2 Å². The van der Waals surface area contributed by atoms with Gasteiger partial charge in [0.1, 0.15) is 16.9 Å². The topological polar surface area (TPSA) is 76.8 Å². The van der Waals surface area contributed by atoms with Crippen LogP contribution < -0.4 is 4.18 Å². The molecule has 6 nitrogen and oxygen atoms in total. The Morgan fingerprint density at radius 2 is 2.04 bits per heavy atom. The van der Waals surface area contributed by atoms with Crippen molar-refractivity contribution in [3.8, 4) is 5.75 Å². The maximum absolute atomic E-state index is 12.3. The maximum atomic E-state index is 12.3. The van der Waals surface area contributed by atoms with Gasteiger partial charge in [0.2, 0.25) is 5.91 Å². The Morgan fingerprint density at radius 3 is 2.62 bits per heavy atom. The van der Waals surface area contributed by atoms with Crippen LogP contribution >= 0.6 is 11.6 Å². The molecule has 8 heteroatoms. The molecule has 0 N–H and O–H groups in total. The lowest BCUT2D eigenvalue weighted by Gasteiger charge is -2.23. The number of hydrogen-bond acceptors (Lipinski definition) is 5. The number of carbonyl (C=O) groups is 1. The van der Waals surface area contributed by atoms with Crippen molar-refractivity contribution in [3.05, 3.63) is 54.0 Å². The number of amides is 1. The Balaban J connectivity index is 2.19. The quantitative estimate of drug-likeness (QED) is 0.552. The molecule has 1 amide bonds. The summed E-state index contributed by atoms with van der Waals surface area (Å²) in [5.41, 5.74) is 0.716. The highest BCUT2D eigenvalue weighted by molar-refractivity contribution is 7.86. The van der Waals surface area contributed by atoms with E-state index in [1.54, 1.807) is 37.3 Å². The van der Waals surface area contributed by atoms with Crippen LogP contribution in [-0.4, -0.2) is 30.9 Å². The highest BCUT2D eigenvalue weighted by Gasteiger charge is 2.20. The standard InChI is InChI=1S/C16H18ClNO5S/c1-12(17)16(19)18(11-15-7-4-8-22-15)10-13-5-3-6-14(9-13)23-24(2,20)21/h3-9,12H,10-11H2,1-2H3. The summed E-state index contributed by atoms with van der Waals surface area (Å²) in [6, 6.07) is 10.0. The van der Waals surface area contributed by atoms with E-state index < -0.39 is 15.5 Å². The van der Waals surface area contributed by atoms with Gasteiger partial charge in [-0.2, -0.15) is 8.42 Å². The van der Waals surface area contributed by atoms with Crippen molar-refractivity contribution < 1.29 is 21.8 Å². The van der Waals surface area contributed by atoms with E-state index in [0.29, 0.717) is 11.3 Å². The van der Waals surface area contributed by atoms with Gasteiger partial charge in [0.05, 0.1) is 19.1 Å². The van der Waals surface area contributed by atoms with Crippen molar-refractivity contribution in [2.45, 2.75) is 25.4 Å². The van der Waals surface area contributed by atoms with Crippen molar-refractivity contribution in [3.63, 3.8) is 0 Å². The molecule has 2 aromatic rings. The SMILES string of the molecule is CC(Cl)C(=O)N(Cc1cccc(OS(C)(=O)=O)c1)Cc1ccco1. The first kappa shape index (κ1) is 18.4. The summed E-state index contributed by atoms with van der Waals surface area (Å²) >= 11 is 5.92. The Morgan fingerprint density at radius 1 is 1.29 bits per heavy atom. The van der Waals surface area contributed by atoms with Crippen LogP contribution in [0, 0.1) is 0 Å². The average Bonchev–Trinajstić information content (AvgIpc) is 2.97. The van der Waals surface area contributed by atoms with Crippen LogP contribution in [-0.2, 0) is 28.0 Å². The molecule has 0 saturated heterocycles. The van der Waals surface area contributed by atoms with Gasteiger partial charge in [-0.25, -0.2) is 0 Å². The second-order valence-corrected chi connectivity index (χ2v) is 7.55. The van der Waals surface area contributed by atoms with E-state index in [4.69, 9.17) is 20.2 Å². The lowest BCUT2D eigenvalue weighted by Crippen LogP contribution is -2.34. The number of benzene rings is 1. The molecule has 2 rings (SSSR count). The molecule has 1 atom stereocenters. The van der Waals surface area contributed by atoms with Crippen molar-refractivity contribution in [2.24, 2.45) is 0 Å². The number of nitrogens with zero attached hydrogens (tertiary/aromatic N) is 1. The van der Waals surface area contributed by atoms with E-state index in [9.17, 15) is 13.2 Å². The lowest BCUT2D eigenvalue weighted by molar-refractivity contribution is -0.132. The molecule has 0 saturated carbocycles. The predicted molar refractivity (Wildman–Crippen MR) is 90.2 cm³/mol. The van der Waals surface area contributed by atoms with Crippen LogP contribution in [0.1, 0.15) is 18.2 Å². The third-order valence-corrected chi connectivity index (χ3v) is 3.78. The fourth-order valence-electron chi connectivity index (χ4n) is 2.14. The zero-order valence-electron chi connectivity index (χ0n) is 13.3. The average molecular weight is 372 g/mol. The van der Waals surface area contributed by atoms with Crippen molar-refractivity contribution >= 4 is 27.6 Å². The number of alkyl halides is 1. The minimum Gasteiger partial charge on any atom is -0.467 e. The molecule has 1 aromatic heterocycles. The van der Waals surface area contributed by atoms with E-state index in [-0.39, 0.29) is 24.7 Å². The van der Waals surface area contributed by atoms with Crippen LogP contribution in [0.3, 0.4) is 0 Å². The zero-order valence-corrected chi connectivity index (χ0v) is 14.9. The summed E-state index contributed by atoms with van der Waals surface area (Å²) < 4.78 is 32.6. The predicted octanol–water partition coefficient (Wildman–Crippen LogP) is 2.77. The van der Waals surface area contributed by atoms with E-state index in [0.717, 1.165) is 6.26 Å².